The van der Waals surface area contributed by atoms with E-state index in [1.54, 1.807) is 0 Å². The van der Waals surface area contributed by atoms with E-state index >= 15 is 0 Å². The van der Waals surface area contributed by atoms with Crippen LogP contribution in [0.1, 0.15) is 24.4 Å². The fourth-order valence-corrected chi connectivity index (χ4v) is 2.49. The lowest BCUT2D eigenvalue weighted by molar-refractivity contribution is -0.710. The van der Waals surface area contributed by atoms with Gasteiger partial charge in [-0.05, 0) is 43.3 Å². The number of benzene rings is 2. The van der Waals surface area contributed by atoms with Gasteiger partial charge in [0.15, 0.2) is 6.54 Å². The van der Waals surface area contributed by atoms with Gasteiger partial charge in [-0.2, -0.15) is 4.98 Å². The van der Waals surface area contributed by atoms with Gasteiger partial charge in [0.1, 0.15) is 6.04 Å². The summed E-state index contributed by atoms with van der Waals surface area (Å²) >= 11 is 11.8. The molecule has 0 fully saturated rings. The number of quaternary nitrogens is 1. The smallest absolute Gasteiger partial charge is 0.282 e. The van der Waals surface area contributed by atoms with E-state index in [0.29, 0.717) is 23.3 Å². The number of hydrogen-bond acceptors (Lipinski definition) is 3. The highest BCUT2D eigenvalue weighted by Crippen LogP contribution is 2.18. The van der Waals surface area contributed by atoms with Gasteiger partial charge in [-0.3, -0.25) is 0 Å². The number of hydrogen-bond donors (Lipinski definition) is 1. The van der Waals surface area contributed by atoms with E-state index in [1.807, 2.05) is 48.5 Å². The summed E-state index contributed by atoms with van der Waals surface area (Å²) in [6, 6.07) is 15.5. The third-order valence-electron chi connectivity index (χ3n) is 3.61. The fourth-order valence-electron chi connectivity index (χ4n) is 2.23. The SMILES string of the molecule is C[C@@H]([NH2+]Cc1nc(-c2ccc(Cl)cc2)no1)c1ccc(Cl)cc1. The molecule has 0 saturated carbocycles. The van der Waals surface area contributed by atoms with Gasteiger partial charge in [0.05, 0.1) is 0 Å². The summed E-state index contributed by atoms with van der Waals surface area (Å²) in [6.45, 7) is 2.74. The highest BCUT2D eigenvalue weighted by molar-refractivity contribution is 6.30. The Morgan fingerprint density at radius 3 is 2.26 bits per heavy atom. The highest BCUT2D eigenvalue weighted by atomic mass is 35.5. The third-order valence-corrected chi connectivity index (χ3v) is 4.12. The molecule has 3 rings (SSSR count). The molecule has 1 aromatic heterocycles. The highest BCUT2D eigenvalue weighted by Gasteiger charge is 2.13. The van der Waals surface area contributed by atoms with Crippen LogP contribution in [0.2, 0.25) is 10.0 Å². The third kappa shape index (κ3) is 4.10. The second-order valence-electron chi connectivity index (χ2n) is 5.30. The van der Waals surface area contributed by atoms with Gasteiger partial charge < -0.3 is 9.84 Å². The molecule has 0 unspecified atom stereocenters. The van der Waals surface area contributed by atoms with Crippen molar-refractivity contribution in [1.29, 1.82) is 0 Å². The molecule has 0 radical (unpaired) electrons. The molecule has 1 atom stereocenters. The van der Waals surface area contributed by atoms with Crippen LogP contribution in [0.25, 0.3) is 11.4 Å². The topological polar surface area (TPSA) is 55.5 Å². The van der Waals surface area contributed by atoms with E-state index in [-0.39, 0.29) is 6.04 Å². The van der Waals surface area contributed by atoms with Crippen molar-refractivity contribution in [1.82, 2.24) is 10.1 Å². The number of nitrogens with zero attached hydrogens (tertiary/aromatic N) is 2. The minimum absolute atomic E-state index is 0.276. The van der Waals surface area contributed by atoms with Crippen LogP contribution >= 0.6 is 23.2 Å². The molecule has 0 aliphatic carbocycles. The lowest BCUT2D eigenvalue weighted by Gasteiger charge is -2.09. The first-order valence-corrected chi connectivity index (χ1v) is 8.05. The molecule has 0 bridgehead atoms. The van der Waals surface area contributed by atoms with Crippen LogP contribution in [0.15, 0.2) is 53.1 Å². The summed E-state index contributed by atoms with van der Waals surface area (Å²) in [5.74, 6) is 1.17. The first kappa shape index (κ1) is 16.0. The molecular weight excluding hydrogens is 333 g/mol. The maximum atomic E-state index is 5.91. The molecule has 6 heteroatoms. The number of rotatable bonds is 5. The Hall–Kier alpha value is -1.88. The van der Waals surface area contributed by atoms with E-state index in [4.69, 9.17) is 27.7 Å². The molecule has 0 aliphatic heterocycles. The van der Waals surface area contributed by atoms with Crippen LogP contribution < -0.4 is 5.32 Å². The number of aromatic nitrogens is 2. The van der Waals surface area contributed by atoms with Gasteiger partial charge >= 0.3 is 0 Å². The van der Waals surface area contributed by atoms with E-state index in [1.165, 1.54) is 5.56 Å². The summed E-state index contributed by atoms with van der Waals surface area (Å²) in [6.07, 6.45) is 0. The van der Waals surface area contributed by atoms with E-state index < -0.39 is 0 Å². The lowest BCUT2D eigenvalue weighted by Crippen LogP contribution is -2.83. The molecule has 0 aliphatic rings. The first-order valence-electron chi connectivity index (χ1n) is 7.29. The van der Waals surface area contributed by atoms with E-state index in [2.05, 4.69) is 22.4 Å². The monoisotopic (exact) mass is 348 g/mol. The summed E-state index contributed by atoms with van der Waals surface area (Å²) in [5.41, 5.74) is 2.09. The predicted molar refractivity (Wildman–Crippen MR) is 90.2 cm³/mol. The summed E-state index contributed by atoms with van der Waals surface area (Å²) < 4.78 is 5.31. The van der Waals surface area contributed by atoms with Gasteiger partial charge in [-0.25, -0.2) is 0 Å². The second kappa shape index (κ2) is 7.13. The van der Waals surface area contributed by atoms with Crippen molar-refractivity contribution in [3.8, 4) is 11.4 Å². The van der Waals surface area contributed by atoms with E-state index in [9.17, 15) is 0 Å². The van der Waals surface area contributed by atoms with Crippen LogP contribution in [0.3, 0.4) is 0 Å². The van der Waals surface area contributed by atoms with Crippen molar-refractivity contribution in [3.05, 3.63) is 70.0 Å². The average molecular weight is 349 g/mol. The average Bonchev–Trinajstić information content (AvgIpc) is 3.03. The summed E-state index contributed by atoms with van der Waals surface area (Å²) in [5, 5.41) is 7.58. The van der Waals surface area contributed by atoms with Gasteiger partial charge in [-0.15, -0.1) is 0 Å². The second-order valence-corrected chi connectivity index (χ2v) is 6.17. The van der Waals surface area contributed by atoms with E-state index in [0.717, 1.165) is 10.6 Å². The van der Waals surface area contributed by atoms with Crippen LogP contribution in [0, 0.1) is 0 Å². The minimum atomic E-state index is 0.276. The summed E-state index contributed by atoms with van der Waals surface area (Å²) in [4.78, 5) is 4.42. The lowest BCUT2D eigenvalue weighted by atomic mass is 10.1. The Morgan fingerprint density at radius 2 is 1.61 bits per heavy atom. The quantitative estimate of drug-likeness (QED) is 0.761. The Morgan fingerprint density at radius 1 is 1.00 bits per heavy atom. The van der Waals surface area contributed by atoms with Crippen LogP contribution in [0.5, 0.6) is 0 Å². The zero-order chi connectivity index (χ0) is 16.2. The van der Waals surface area contributed by atoms with Crippen LogP contribution in [-0.2, 0) is 6.54 Å². The predicted octanol–water partition coefficient (Wildman–Crippen LogP) is 3.87. The molecule has 0 spiro atoms. The van der Waals surface area contributed by atoms with Crippen LogP contribution in [0.4, 0.5) is 0 Å². The van der Waals surface area contributed by atoms with Gasteiger partial charge in [-0.1, -0.05) is 40.5 Å². The maximum Gasteiger partial charge on any atom is 0.282 e. The molecule has 4 nitrogen and oxygen atoms in total. The van der Waals surface area contributed by atoms with Crippen molar-refractivity contribution in [3.63, 3.8) is 0 Å². The first-order chi connectivity index (χ1) is 11.1. The zero-order valence-electron chi connectivity index (χ0n) is 12.5. The molecule has 23 heavy (non-hydrogen) atoms. The maximum absolute atomic E-state index is 5.91. The standard InChI is InChI=1S/C17H15Cl2N3O/c1-11(12-2-6-14(18)7-3-12)20-10-16-21-17(22-23-16)13-4-8-15(19)9-5-13/h2-9,11,20H,10H2,1H3/p+1/t11-/m1/s1. The molecule has 3 aromatic rings. The van der Waals surface area contributed by atoms with Crippen molar-refractivity contribution in [2.45, 2.75) is 19.5 Å². The molecule has 0 amide bonds. The van der Waals surface area contributed by atoms with Gasteiger partial charge in [0, 0.05) is 21.2 Å². The van der Waals surface area contributed by atoms with Crippen molar-refractivity contribution in [2.24, 2.45) is 0 Å². The van der Waals surface area contributed by atoms with Crippen LogP contribution in [-0.4, -0.2) is 10.1 Å². The molecule has 2 N–H and O–H groups in total. The molecular formula is C17H16Cl2N3O+. The Labute approximate surface area is 144 Å². The fraction of sp³-hybridized carbons (Fsp3) is 0.176. The Kier molecular flexibility index (Phi) is 4.96. The molecule has 2 aromatic carbocycles. The Bertz CT molecular complexity index is 769. The van der Waals surface area contributed by atoms with Gasteiger partial charge in [0.25, 0.3) is 5.89 Å². The zero-order valence-corrected chi connectivity index (χ0v) is 14.1. The van der Waals surface area contributed by atoms with Crippen molar-refractivity contribution in [2.75, 3.05) is 0 Å². The van der Waals surface area contributed by atoms with Crippen molar-refractivity contribution < 1.29 is 9.84 Å². The minimum Gasteiger partial charge on any atom is -0.333 e. The normalized spacial score (nSPS) is 12.3. The van der Waals surface area contributed by atoms with Crippen molar-refractivity contribution >= 4 is 23.2 Å². The largest absolute Gasteiger partial charge is 0.333 e. The molecule has 0 saturated heterocycles. The van der Waals surface area contributed by atoms with Gasteiger partial charge in [0.2, 0.25) is 5.82 Å². The number of nitrogens with two attached hydrogens (primary N) is 1. The number of halogens is 2. The summed E-state index contributed by atoms with van der Waals surface area (Å²) in [7, 11) is 0. The molecule has 1 heterocycles. The Balaban J connectivity index is 1.63. The molecule has 118 valence electrons.